The van der Waals surface area contributed by atoms with E-state index in [1.165, 1.54) is 6.07 Å². The summed E-state index contributed by atoms with van der Waals surface area (Å²) in [6, 6.07) is 5.19. The van der Waals surface area contributed by atoms with Gasteiger partial charge < -0.3 is 15.4 Å². The summed E-state index contributed by atoms with van der Waals surface area (Å²) in [5, 5.41) is 13.2. The highest BCUT2D eigenvalue weighted by Gasteiger charge is 2.33. The molecule has 0 unspecified atom stereocenters. The third-order valence-corrected chi connectivity index (χ3v) is 4.08. The Hall–Kier alpha value is -2.21. The molecule has 6 heteroatoms. The third-order valence-electron chi connectivity index (χ3n) is 4.08. The summed E-state index contributed by atoms with van der Waals surface area (Å²) in [5.41, 5.74) is 0.785. The van der Waals surface area contributed by atoms with Gasteiger partial charge >= 0.3 is 0 Å². The van der Waals surface area contributed by atoms with Crippen LogP contribution >= 0.6 is 0 Å². The van der Waals surface area contributed by atoms with Crippen LogP contribution in [0, 0.1) is 0 Å². The normalized spacial score (nSPS) is 16.1. The number of aliphatic hydroxyl groups is 1. The minimum atomic E-state index is -0.581. The lowest BCUT2D eigenvalue weighted by Crippen LogP contribution is -2.43. The highest BCUT2D eigenvalue weighted by atomic mass is 16.3. The van der Waals surface area contributed by atoms with E-state index in [9.17, 15) is 9.90 Å². The zero-order chi connectivity index (χ0) is 15.6. The molecule has 0 saturated heterocycles. The van der Waals surface area contributed by atoms with Crippen molar-refractivity contribution in [2.24, 2.45) is 0 Å². The van der Waals surface area contributed by atoms with Crippen LogP contribution in [0.3, 0.4) is 0 Å². The Labute approximate surface area is 128 Å². The number of hydrogen-bond donors (Lipinski definition) is 3. The lowest BCUT2D eigenvalue weighted by atomic mass is 9.80. The van der Waals surface area contributed by atoms with Crippen LogP contribution in [0.15, 0.2) is 29.2 Å². The fourth-order valence-electron chi connectivity index (χ4n) is 2.48. The second-order valence-corrected chi connectivity index (χ2v) is 5.80. The summed E-state index contributed by atoms with van der Waals surface area (Å²) in [5.74, 6) is 1.24. The van der Waals surface area contributed by atoms with Gasteiger partial charge in [0.15, 0.2) is 0 Å². The lowest BCUT2D eigenvalue weighted by molar-refractivity contribution is -0.0202. The van der Waals surface area contributed by atoms with Gasteiger partial charge in [0.05, 0.1) is 5.60 Å². The molecule has 116 valence electrons. The average molecular weight is 300 g/mol. The van der Waals surface area contributed by atoms with E-state index in [4.69, 9.17) is 0 Å². The molecule has 0 atom stereocenters. The number of anilines is 1. The molecule has 0 aromatic carbocycles. The van der Waals surface area contributed by atoms with E-state index in [1.807, 2.05) is 19.1 Å². The van der Waals surface area contributed by atoms with Gasteiger partial charge in [0.25, 0.3) is 5.56 Å². The van der Waals surface area contributed by atoms with Gasteiger partial charge in [-0.3, -0.25) is 4.79 Å². The Kier molecular flexibility index (Phi) is 3.94. The molecule has 3 N–H and O–H groups in total. The number of pyridine rings is 1. The first-order valence-corrected chi connectivity index (χ1v) is 7.61. The van der Waals surface area contributed by atoms with Gasteiger partial charge in [-0.15, -0.1) is 0 Å². The molecule has 2 heterocycles. The van der Waals surface area contributed by atoms with Crippen LogP contribution in [0.4, 0.5) is 5.82 Å². The van der Waals surface area contributed by atoms with Crippen LogP contribution in [0.1, 0.15) is 31.9 Å². The first kappa shape index (κ1) is 14.7. The van der Waals surface area contributed by atoms with Crippen molar-refractivity contribution in [3.8, 4) is 11.4 Å². The molecule has 6 nitrogen and oxygen atoms in total. The zero-order valence-corrected chi connectivity index (χ0v) is 12.6. The number of aryl methyl sites for hydroxylation is 1. The van der Waals surface area contributed by atoms with Gasteiger partial charge in [-0.05, 0) is 37.8 Å². The van der Waals surface area contributed by atoms with Crippen LogP contribution in [0.5, 0.6) is 0 Å². The first-order chi connectivity index (χ1) is 10.6. The number of nitrogens with zero attached hydrogens (tertiary/aromatic N) is 2. The summed E-state index contributed by atoms with van der Waals surface area (Å²) in [6.07, 6.45) is 5.14. The van der Waals surface area contributed by atoms with E-state index in [0.29, 0.717) is 24.6 Å². The Bertz CT molecular complexity index is 705. The van der Waals surface area contributed by atoms with E-state index in [0.717, 1.165) is 30.5 Å². The topological polar surface area (TPSA) is 90.9 Å². The van der Waals surface area contributed by atoms with Crippen LogP contribution < -0.4 is 10.9 Å². The van der Waals surface area contributed by atoms with Gasteiger partial charge in [0, 0.05) is 30.1 Å². The Morgan fingerprint density at radius 2 is 2.23 bits per heavy atom. The fraction of sp³-hybridized carbons (Fsp3) is 0.438. The van der Waals surface area contributed by atoms with Crippen molar-refractivity contribution in [1.82, 2.24) is 15.0 Å². The molecule has 1 aliphatic rings. The van der Waals surface area contributed by atoms with E-state index < -0.39 is 5.60 Å². The molecule has 0 radical (unpaired) electrons. The Balaban J connectivity index is 1.73. The fourth-order valence-corrected chi connectivity index (χ4v) is 2.48. The smallest absolute Gasteiger partial charge is 0.251 e. The van der Waals surface area contributed by atoms with E-state index in [-0.39, 0.29) is 5.56 Å². The third kappa shape index (κ3) is 3.17. The number of H-pyrrole nitrogens is 1. The molecular formula is C16H20N4O2. The number of hydrogen-bond acceptors (Lipinski definition) is 5. The Morgan fingerprint density at radius 3 is 2.82 bits per heavy atom. The van der Waals surface area contributed by atoms with Crippen molar-refractivity contribution >= 4 is 5.82 Å². The van der Waals surface area contributed by atoms with Gasteiger partial charge in [0.2, 0.25) is 0 Å². The van der Waals surface area contributed by atoms with Gasteiger partial charge in [-0.2, -0.15) is 0 Å². The van der Waals surface area contributed by atoms with Crippen LogP contribution in [0.25, 0.3) is 11.4 Å². The van der Waals surface area contributed by atoms with Crippen molar-refractivity contribution < 1.29 is 5.11 Å². The van der Waals surface area contributed by atoms with Crippen molar-refractivity contribution in [3.63, 3.8) is 0 Å². The lowest BCUT2D eigenvalue weighted by Gasteiger charge is -2.36. The number of aromatic amines is 1. The van der Waals surface area contributed by atoms with E-state index in [2.05, 4.69) is 20.3 Å². The predicted octanol–water partition coefficient (Wildman–Crippen LogP) is 1.72. The largest absolute Gasteiger partial charge is 0.388 e. The molecule has 2 aromatic rings. The van der Waals surface area contributed by atoms with Crippen LogP contribution in [-0.2, 0) is 6.42 Å². The monoisotopic (exact) mass is 300 g/mol. The summed E-state index contributed by atoms with van der Waals surface area (Å²) in [6.45, 7) is 2.47. The van der Waals surface area contributed by atoms with Crippen LogP contribution in [0.2, 0.25) is 0 Å². The van der Waals surface area contributed by atoms with Gasteiger partial charge in [-0.25, -0.2) is 9.97 Å². The van der Waals surface area contributed by atoms with Crippen molar-refractivity contribution in [1.29, 1.82) is 0 Å². The minimum Gasteiger partial charge on any atom is -0.388 e. The quantitative estimate of drug-likeness (QED) is 0.782. The standard InChI is InChI=1S/C16H20N4O2/c1-2-12-8-14(21)20-15(19-12)11-4-5-13(17-9-11)18-10-16(22)6-3-7-16/h4-5,8-9,22H,2-3,6-7,10H2,1H3,(H,17,18)(H,19,20,21). The highest BCUT2D eigenvalue weighted by Crippen LogP contribution is 2.31. The van der Waals surface area contributed by atoms with E-state index >= 15 is 0 Å². The van der Waals surface area contributed by atoms with Crippen LogP contribution in [-0.4, -0.2) is 32.2 Å². The summed E-state index contributed by atoms with van der Waals surface area (Å²) >= 11 is 0. The molecule has 0 bridgehead atoms. The SMILES string of the molecule is CCc1cc(=O)[nH]c(-c2ccc(NCC3(O)CCC3)nc2)n1. The molecule has 2 aromatic heterocycles. The molecule has 3 rings (SSSR count). The van der Waals surface area contributed by atoms with Crippen molar-refractivity contribution in [2.45, 2.75) is 38.2 Å². The maximum absolute atomic E-state index is 11.6. The highest BCUT2D eigenvalue weighted by molar-refractivity contribution is 5.55. The second kappa shape index (κ2) is 5.88. The second-order valence-electron chi connectivity index (χ2n) is 5.80. The van der Waals surface area contributed by atoms with Gasteiger partial charge in [0.1, 0.15) is 11.6 Å². The predicted molar refractivity (Wildman–Crippen MR) is 84.8 cm³/mol. The van der Waals surface area contributed by atoms with E-state index in [1.54, 1.807) is 6.20 Å². The molecule has 1 saturated carbocycles. The zero-order valence-electron chi connectivity index (χ0n) is 12.6. The minimum absolute atomic E-state index is 0.156. The maximum Gasteiger partial charge on any atom is 0.251 e. The number of rotatable bonds is 5. The number of aromatic nitrogens is 3. The average Bonchev–Trinajstić information content (AvgIpc) is 2.51. The van der Waals surface area contributed by atoms with Crippen molar-refractivity contribution in [3.05, 3.63) is 40.4 Å². The maximum atomic E-state index is 11.6. The summed E-state index contributed by atoms with van der Waals surface area (Å²) in [4.78, 5) is 23.1. The summed E-state index contributed by atoms with van der Waals surface area (Å²) < 4.78 is 0. The Morgan fingerprint density at radius 1 is 1.41 bits per heavy atom. The first-order valence-electron chi connectivity index (χ1n) is 7.61. The summed E-state index contributed by atoms with van der Waals surface area (Å²) in [7, 11) is 0. The molecule has 0 aliphatic heterocycles. The van der Waals surface area contributed by atoms with Crippen molar-refractivity contribution in [2.75, 3.05) is 11.9 Å². The molecule has 0 amide bonds. The van der Waals surface area contributed by atoms with Gasteiger partial charge in [-0.1, -0.05) is 6.92 Å². The molecule has 1 aliphatic carbocycles. The molecule has 1 fully saturated rings. The molecule has 22 heavy (non-hydrogen) atoms. The molecular weight excluding hydrogens is 280 g/mol. The number of nitrogens with one attached hydrogen (secondary N) is 2. The molecule has 0 spiro atoms.